The lowest BCUT2D eigenvalue weighted by Crippen LogP contribution is -1.99. The lowest BCUT2D eigenvalue weighted by atomic mass is 9.93. The Kier molecular flexibility index (Phi) is 3.88. The monoisotopic (exact) mass is 245 g/mol. The first-order chi connectivity index (χ1) is 8.70. The maximum Gasteiger partial charge on any atom is 0.238 e. The number of halogens is 2. The SMILES string of the molecule is N#C[C@@H](CCC(F)F)c1ccc2ccccc2c1. The summed E-state index contributed by atoms with van der Waals surface area (Å²) in [6.45, 7) is 0. The largest absolute Gasteiger partial charge is 0.238 e. The Morgan fingerprint density at radius 3 is 2.39 bits per heavy atom. The molecule has 0 heterocycles. The lowest BCUT2D eigenvalue weighted by Gasteiger charge is -2.10. The average molecular weight is 245 g/mol. The average Bonchev–Trinajstić information content (AvgIpc) is 2.39. The van der Waals surface area contributed by atoms with E-state index in [1.807, 2.05) is 42.5 Å². The van der Waals surface area contributed by atoms with Crippen LogP contribution in [-0.2, 0) is 0 Å². The summed E-state index contributed by atoms with van der Waals surface area (Å²) in [4.78, 5) is 0. The predicted octanol–water partition coefficient (Wildman–Crippen LogP) is 4.49. The molecular formula is C15H13F2N. The van der Waals surface area contributed by atoms with Gasteiger partial charge in [-0.15, -0.1) is 0 Å². The molecule has 2 rings (SSSR count). The van der Waals surface area contributed by atoms with Crippen LogP contribution in [0.3, 0.4) is 0 Å². The fraction of sp³-hybridized carbons (Fsp3) is 0.267. The van der Waals surface area contributed by atoms with Crippen LogP contribution >= 0.6 is 0 Å². The number of nitrogens with zero attached hydrogens (tertiary/aromatic N) is 1. The number of fused-ring (bicyclic) bond motifs is 1. The Morgan fingerprint density at radius 2 is 1.72 bits per heavy atom. The van der Waals surface area contributed by atoms with Gasteiger partial charge in [0.15, 0.2) is 0 Å². The molecule has 18 heavy (non-hydrogen) atoms. The molecule has 0 spiro atoms. The molecule has 2 aromatic carbocycles. The Balaban J connectivity index is 2.26. The summed E-state index contributed by atoms with van der Waals surface area (Å²) in [5.74, 6) is -0.455. The van der Waals surface area contributed by atoms with Gasteiger partial charge in [-0.1, -0.05) is 36.4 Å². The Morgan fingerprint density at radius 1 is 1.00 bits per heavy atom. The highest BCUT2D eigenvalue weighted by molar-refractivity contribution is 5.83. The normalized spacial score (nSPS) is 12.6. The van der Waals surface area contributed by atoms with Crippen molar-refractivity contribution >= 4 is 10.8 Å². The first-order valence-electron chi connectivity index (χ1n) is 5.87. The summed E-state index contributed by atoms with van der Waals surface area (Å²) in [6, 6.07) is 15.6. The third-order valence-electron chi connectivity index (χ3n) is 3.01. The highest BCUT2D eigenvalue weighted by Crippen LogP contribution is 2.25. The number of alkyl halides is 2. The minimum absolute atomic E-state index is 0.201. The summed E-state index contributed by atoms with van der Waals surface area (Å²) >= 11 is 0. The molecule has 0 saturated carbocycles. The van der Waals surface area contributed by atoms with E-state index in [4.69, 9.17) is 5.26 Å². The maximum atomic E-state index is 12.2. The minimum atomic E-state index is -2.35. The number of hydrogen-bond acceptors (Lipinski definition) is 1. The van der Waals surface area contributed by atoms with Gasteiger partial charge in [0.2, 0.25) is 6.43 Å². The van der Waals surface area contributed by atoms with E-state index in [0.29, 0.717) is 0 Å². The third kappa shape index (κ3) is 2.84. The molecule has 0 saturated heterocycles. The van der Waals surface area contributed by atoms with Crippen LogP contribution < -0.4 is 0 Å². The van der Waals surface area contributed by atoms with Crippen molar-refractivity contribution in [3.8, 4) is 6.07 Å². The van der Waals surface area contributed by atoms with E-state index in [-0.39, 0.29) is 12.8 Å². The fourth-order valence-corrected chi connectivity index (χ4v) is 2.02. The van der Waals surface area contributed by atoms with Gasteiger partial charge in [-0.3, -0.25) is 0 Å². The second-order valence-corrected chi connectivity index (χ2v) is 4.26. The molecule has 0 fully saturated rings. The van der Waals surface area contributed by atoms with Gasteiger partial charge in [0.05, 0.1) is 12.0 Å². The molecule has 1 nitrogen and oxygen atoms in total. The molecule has 0 aliphatic heterocycles. The summed E-state index contributed by atoms with van der Waals surface area (Å²) in [5.41, 5.74) is 0.817. The Bertz CT molecular complexity index is 572. The van der Waals surface area contributed by atoms with Crippen LogP contribution in [0.5, 0.6) is 0 Å². The first-order valence-corrected chi connectivity index (χ1v) is 5.87. The van der Waals surface area contributed by atoms with Crippen molar-refractivity contribution in [2.24, 2.45) is 0 Å². The molecule has 0 amide bonds. The number of rotatable bonds is 4. The molecule has 1 atom stereocenters. The molecule has 0 aliphatic carbocycles. The molecule has 92 valence electrons. The van der Waals surface area contributed by atoms with E-state index in [2.05, 4.69) is 6.07 Å². The van der Waals surface area contributed by atoms with Gasteiger partial charge in [0.25, 0.3) is 0 Å². The van der Waals surface area contributed by atoms with Gasteiger partial charge < -0.3 is 0 Å². The van der Waals surface area contributed by atoms with Gasteiger partial charge in [-0.05, 0) is 28.8 Å². The first kappa shape index (κ1) is 12.5. The number of nitriles is 1. The van der Waals surface area contributed by atoms with Gasteiger partial charge >= 0.3 is 0 Å². The molecule has 0 aromatic heterocycles. The second kappa shape index (κ2) is 5.59. The maximum absolute atomic E-state index is 12.2. The molecule has 0 N–H and O–H groups in total. The van der Waals surface area contributed by atoms with Crippen LogP contribution in [0.1, 0.15) is 24.3 Å². The van der Waals surface area contributed by atoms with E-state index in [0.717, 1.165) is 16.3 Å². The van der Waals surface area contributed by atoms with Gasteiger partial charge in [0.1, 0.15) is 0 Å². The van der Waals surface area contributed by atoms with Crippen molar-refractivity contribution in [2.45, 2.75) is 25.2 Å². The van der Waals surface area contributed by atoms with E-state index in [9.17, 15) is 8.78 Å². The van der Waals surface area contributed by atoms with Gasteiger partial charge in [0, 0.05) is 6.42 Å². The summed E-state index contributed by atoms with van der Waals surface area (Å²) in [7, 11) is 0. The third-order valence-corrected chi connectivity index (χ3v) is 3.01. The Labute approximate surface area is 105 Å². The van der Waals surface area contributed by atoms with Gasteiger partial charge in [-0.25, -0.2) is 8.78 Å². The minimum Gasteiger partial charge on any atom is -0.211 e. The van der Waals surface area contributed by atoms with Crippen LogP contribution in [0, 0.1) is 11.3 Å². The summed E-state index contributed by atoms with van der Waals surface area (Å²) < 4.78 is 24.4. The van der Waals surface area contributed by atoms with E-state index in [1.165, 1.54) is 0 Å². The smallest absolute Gasteiger partial charge is 0.211 e. The van der Waals surface area contributed by atoms with Crippen molar-refractivity contribution in [1.29, 1.82) is 5.26 Å². The summed E-state index contributed by atoms with van der Waals surface area (Å²) in [5, 5.41) is 11.2. The highest BCUT2D eigenvalue weighted by Gasteiger charge is 2.14. The zero-order chi connectivity index (χ0) is 13.0. The molecular weight excluding hydrogens is 232 g/mol. The van der Waals surface area contributed by atoms with Crippen molar-refractivity contribution in [3.63, 3.8) is 0 Å². The molecule has 0 aliphatic rings. The highest BCUT2D eigenvalue weighted by atomic mass is 19.3. The lowest BCUT2D eigenvalue weighted by molar-refractivity contribution is 0.133. The molecule has 0 unspecified atom stereocenters. The molecule has 0 radical (unpaired) electrons. The van der Waals surface area contributed by atoms with Crippen LogP contribution in [0.15, 0.2) is 42.5 Å². The van der Waals surface area contributed by atoms with Crippen LogP contribution in [0.25, 0.3) is 10.8 Å². The predicted molar refractivity (Wildman–Crippen MR) is 67.5 cm³/mol. The van der Waals surface area contributed by atoms with E-state index in [1.54, 1.807) is 0 Å². The van der Waals surface area contributed by atoms with Crippen molar-refractivity contribution < 1.29 is 8.78 Å². The quantitative estimate of drug-likeness (QED) is 0.778. The number of hydrogen-bond donors (Lipinski definition) is 0. The number of benzene rings is 2. The topological polar surface area (TPSA) is 23.8 Å². The van der Waals surface area contributed by atoms with E-state index >= 15 is 0 Å². The van der Waals surface area contributed by atoms with Crippen LogP contribution in [0.4, 0.5) is 8.78 Å². The van der Waals surface area contributed by atoms with Gasteiger partial charge in [-0.2, -0.15) is 5.26 Å². The molecule has 3 heteroatoms. The molecule has 0 bridgehead atoms. The molecule has 2 aromatic rings. The second-order valence-electron chi connectivity index (χ2n) is 4.26. The van der Waals surface area contributed by atoms with Crippen LogP contribution in [-0.4, -0.2) is 6.43 Å². The fourth-order valence-electron chi connectivity index (χ4n) is 2.02. The summed E-state index contributed by atoms with van der Waals surface area (Å²) in [6.07, 6.45) is -2.38. The van der Waals surface area contributed by atoms with Crippen molar-refractivity contribution in [1.82, 2.24) is 0 Å². The zero-order valence-electron chi connectivity index (χ0n) is 9.81. The van der Waals surface area contributed by atoms with Crippen molar-refractivity contribution in [2.75, 3.05) is 0 Å². The van der Waals surface area contributed by atoms with Crippen molar-refractivity contribution in [3.05, 3.63) is 48.0 Å². The Hall–Kier alpha value is -1.95. The van der Waals surface area contributed by atoms with E-state index < -0.39 is 12.3 Å². The van der Waals surface area contributed by atoms with Crippen LogP contribution in [0.2, 0.25) is 0 Å². The zero-order valence-corrected chi connectivity index (χ0v) is 9.81. The standard InChI is InChI=1S/C15H13F2N/c16-15(17)8-7-14(10-18)13-6-5-11-3-1-2-4-12(11)9-13/h1-6,9,14-15H,7-8H2/t14-/m1/s1.